The number of carbonyl (C=O) groups is 1. The van der Waals surface area contributed by atoms with Crippen molar-refractivity contribution in [1.82, 2.24) is 0 Å². The highest BCUT2D eigenvalue weighted by Crippen LogP contribution is 2.20. The second-order valence-electron chi connectivity index (χ2n) is 4.06. The Morgan fingerprint density at radius 1 is 1.53 bits per heavy atom. The normalized spacial score (nSPS) is 13.0. The van der Waals surface area contributed by atoms with Crippen molar-refractivity contribution < 1.29 is 23.1 Å². The van der Waals surface area contributed by atoms with Gasteiger partial charge in [-0.2, -0.15) is 0 Å². The Morgan fingerprint density at radius 3 is 2.63 bits per heavy atom. The van der Waals surface area contributed by atoms with Crippen LogP contribution in [0.1, 0.15) is 17.3 Å². The summed E-state index contributed by atoms with van der Waals surface area (Å²) in [6, 6.07) is 3.53. The first-order valence-electron chi connectivity index (χ1n) is 5.41. The molecule has 7 nitrogen and oxygen atoms in total. The maximum atomic E-state index is 11.2. The lowest BCUT2D eigenvalue weighted by Gasteiger charge is -2.16. The number of methoxy groups -OCH3 is 1. The van der Waals surface area contributed by atoms with Crippen LogP contribution in [0.5, 0.6) is 0 Å². The maximum absolute atomic E-state index is 11.2. The van der Waals surface area contributed by atoms with Crippen molar-refractivity contribution in [1.29, 1.82) is 0 Å². The minimum atomic E-state index is -3.93. The molecule has 0 amide bonds. The Labute approximate surface area is 111 Å². The zero-order chi connectivity index (χ0) is 14.6. The first-order chi connectivity index (χ1) is 8.75. The van der Waals surface area contributed by atoms with Crippen molar-refractivity contribution in [3.63, 3.8) is 0 Å². The summed E-state index contributed by atoms with van der Waals surface area (Å²) in [5.41, 5.74) is 0.152. The molecule has 0 unspecified atom stereocenters. The van der Waals surface area contributed by atoms with E-state index in [4.69, 9.17) is 15.0 Å². The Balaban J connectivity index is 3.16. The first-order valence-corrected chi connectivity index (χ1v) is 6.96. The van der Waals surface area contributed by atoms with Gasteiger partial charge in [0, 0.05) is 18.8 Å². The van der Waals surface area contributed by atoms with Crippen LogP contribution in [0.15, 0.2) is 23.1 Å². The van der Waals surface area contributed by atoms with E-state index in [-0.39, 0.29) is 16.5 Å². The van der Waals surface area contributed by atoms with E-state index < -0.39 is 16.0 Å². The van der Waals surface area contributed by atoms with E-state index in [1.54, 1.807) is 0 Å². The molecule has 0 fully saturated rings. The lowest BCUT2D eigenvalue weighted by atomic mass is 10.1. The topological polar surface area (TPSA) is 119 Å². The van der Waals surface area contributed by atoms with E-state index in [0.29, 0.717) is 12.3 Å². The summed E-state index contributed by atoms with van der Waals surface area (Å²) < 4.78 is 27.3. The van der Waals surface area contributed by atoms with Crippen LogP contribution in [0, 0.1) is 0 Å². The Bertz CT molecular complexity index is 570. The predicted molar refractivity (Wildman–Crippen MR) is 69.7 cm³/mol. The SMILES string of the molecule is COC[C@@H](C)Nc1ccc(S(N)(=O)=O)cc1C(=O)O. The molecule has 106 valence electrons. The number of hydrogen-bond donors (Lipinski definition) is 3. The van der Waals surface area contributed by atoms with E-state index in [1.165, 1.54) is 19.2 Å². The number of primary sulfonamides is 1. The predicted octanol–water partition coefficient (Wildman–Crippen LogP) is 0.479. The molecule has 0 spiro atoms. The summed E-state index contributed by atoms with van der Waals surface area (Å²) in [5, 5.41) is 17.0. The largest absolute Gasteiger partial charge is 0.478 e. The molecule has 4 N–H and O–H groups in total. The monoisotopic (exact) mass is 288 g/mol. The van der Waals surface area contributed by atoms with Gasteiger partial charge in [0.2, 0.25) is 10.0 Å². The smallest absolute Gasteiger partial charge is 0.337 e. The number of ether oxygens (including phenoxy) is 1. The van der Waals surface area contributed by atoms with Gasteiger partial charge in [0.1, 0.15) is 0 Å². The minimum absolute atomic E-state index is 0.122. The molecule has 1 atom stereocenters. The van der Waals surface area contributed by atoms with Crippen molar-refractivity contribution >= 4 is 21.7 Å². The molecule has 0 saturated carbocycles. The fraction of sp³-hybridized carbons (Fsp3) is 0.364. The van der Waals surface area contributed by atoms with Crippen molar-refractivity contribution in [3.05, 3.63) is 23.8 Å². The highest BCUT2D eigenvalue weighted by atomic mass is 32.2. The highest BCUT2D eigenvalue weighted by molar-refractivity contribution is 7.89. The number of benzene rings is 1. The second-order valence-corrected chi connectivity index (χ2v) is 5.62. The standard InChI is InChI=1S/C11H16N2O5S/c1-7(6-18-2)13-10-4-3-8(19(12,16)17)5-9(10)11(14)15/h3-5,7,13H,6H2,1-2H3,(H,14,15)(H2,12,16,17)/t7-/m1/s1. The molecule has 0 aliphatic carbocycles. The number of carboxylic acid groups (broad SMARTS) is 1. The van der Waals surface area contributed by atoms with Crippen LogP contribution in [0.25, 0.3) is 0 Å². The number of nitrogens with one attached hydrogen (secondary N) is 1. The molecule has 0 saturated heterocycles. The molecule has 0 radical (unpaired) electrons. The van der Waals surface area contributed by atoms with E-state index in [2.05, 4.69) is 5.32 Å². The van der Waals surface area contributed by atoms with Gasteiger partial charge in [0.25, 0.3) is 0 Å². The molecule has 8 heteroatoms. The molecular formula is C11H16N2O5S. The van der Waals surface area contributed by atoms with E-state index in [0.717, 1.165) is 6.07 Å². The van der Waals surface area contributed by atoms with Gasteiger partial charge in [-0.3, -0.25) is 0 Å². The van der Waals surface area contributed by atoms with Gasteiger partial charge < -0.3 is 15.2 Å². The van der Waals surface area contributed by atoms with Gasteiger partial charge in [-0.15, -0.1) is 0 Å². The number of hydrogen-bond acceptors (Lipinski definition) is 5. The third-order valence-corrected chi connectivity index (χ3v) is 3.28. The number of aromatic carboxylic acids is 1. The van der Waals surface area contributed by atoms with Crippen LogP contribution in [-0.2, 0) is 14.8 Å². The van der Waals surface area contributed by atoms with Gasteiger partial charge in [0.15, 0.2) is 0 Å². The average molecular weight is 288 g/mol. The molecule has 0 heterocycles. The molecule has 0 aromatic heterocycles. The second kappa shape index (κ2) is 6.00. The van der Waals surface area contributed by atoms with Gasteiger partial charge >= 0.3 is 5.97 Å². The van der Waals surface area contributed by atoms with Crippen molar-refractivity contribution in [2.45, 2.75) is 17.9 Å². The summed E-state index contributed by atoms with van der Waals surface area (Å²) >= 11 is 0. The number of rotatable bonds is 6. The highest BCUT2D eigenvalue weighted by Gasteiger charge is 2.17. The molecule has 0 aliphatic heterocycles. The number of sulfonamides is 1. The summed E-state index contributed by atoms with van der Waals surface area (Å²) in [7, 11) is -2.40. The fourth-order valence-electron chi connectivity index (χ4n) is 1.56. The lowest BCUT2D eigenvalue weighted by molar-refractivity contribution is 0.0697. The van der Waals surface area contributed by atoms with Gasteiger partial charge in [0.05, 0.1) is 17.1 Å². The van der Waals surface area contributed by atoms with Crippen molar-refractivity contribution in [2.24, 2.45) is 5.14 Å². The third-order valence-electron chi connectivity index (χ3n) is 2.37. The summed E-state index contributed by atoms with van der Waals surface area (Å²) in [6.07, 6.45) is 0. The maximum Gasteiger partial charge on any atom is 0.337 e. The molecule has 0 aliphatic rings. The van der Waals surface area contributed by atoms with Crippen LogP contribution >= 0.6 is 0 Å². The van der Waals surface area contributed by atoms with Crippen LogP contribution < -0.4 is 10.5 Å². The third kappa shape index (κ3) is 4.19. The van der Waals surface area contributed by atoms with Gasteiger partial charge in [-0.1, -0.05) is 0 Å². The Kier molecular flexibility index (Phi) is 4.87. The zero-order valence-corrected chi connectivity index (χ0v) is 11.4. The number of carboxylic acids is 1. The van der Waals surface area contributed by atoms with Gasteiger partial charge in [-0.25, -0.2) is 18.4 Å². The van der Waals surface area contributed by atoms with Gasteiger partial charge in [-0.05, 0) is 25.1 Å². The number of anilines is 1. The molecule has 1 aromatic rings. The first kappa shape index (κ1) is 15.4. The Hall–Kier alpha value is -1.64. The fourth-order valence-corrected chi connectivity index (χ4v) is 2.10. The number of nitrogens with two attached hydrogens (primary N) is 1. The molecule has 1 rings (SSSR count). The summed E-state index contributed by atoms with van der Waals surface area (Å²) in [5.74, 6) is -1.24. The van der Waals surface area contributed by atoms with E-state index in [9.17, 15) is 13.2 Å². The van der Waals surface area contributed by atoms with E-state index >= 15 is 0 Å². The summed E-state index contributed by atoms with van der Waals surface area (Å²) in [6.45, 7) is 2.19. The van der Waals surface area contributed by atoms with Crippen molar-refractivity contribution in [3.8, 4) is 0 Å². The minimum Gasteiger partial charge on any atom is -0.478 e. The molecule has 0 bridgehead atoms. The van der Waals surface area contributed by atoms with Crippen molar-refractivity contribution in [2.75, 3.05) is 19.0 Å². The van der Waals surface area contributed by atoms with E-state index in [1.807, 2.05) is 6.92 Å². The molecule has 1 aromatic carbocycles. The van der Waals surface area contributed by atoms with Crippen LogP contribution in [0.4, 0.5) is 5.69 Å². The lowest BCUT2D eigenvalue weighted by Crippen LogP contribution is -2.22. The average Bonchev–Trinajstić information content (AvgIpc) is 2.27. The van der Waals surface area contributed by atoms with Crippen LogP contribution in [0.3, 0.4) is 0 Å². The summed E-state index contributed by atoms with van der Waals surface area (Å²) in [4.78, 5) is 10.9. The quantitative estimate of drug-likeness (QED) is 0.700. The van der Waals surface area contributed by atoms with Crippen LogP contribution in [-0.4, -0.2) is 39.3 Å². The Morgan fingerprint density at radius 2 is 2.16 bits per heavy atom. The molecule has 19 heavy (non-hydrogen) atoms. The zero-order valence-electron chi connectivity index (χ0n) is 10.6. The van der Waals surface area contributed by atoms with Crippen LogP contribution in [0.2, 0.25) is 0 Å². The molecular weight excluding hydrogens is 272 g/mol.